The molecule has 0 aliphatic heterocycles. The van der Waals surface area contributed by atoms with Gasteiger partial charge in [0.15, 0.2) is 0 Å². The average molecular weight is 196 g/mol. The third kappa shape index (κ3) is 3.78. The molecule has 2 atom stereocenters. The van der Waals surface area contributed by atoms with E-state index in [-0.39, 0.29) is 5.91 Å². The van der Waals surface area contributed by atoms with Crippen molar-refractivity contribution < 1.29 is 4.79 Å². The maximum Gasteiger partial charge on any atom is 0.239 e. The van der Waals surface area contributed by atoms with E-state index in [1.54, 1.807) is 11.9 Å². The van der Waals surface area contributed by atoms with E-state index in [0.29, 0.717) is 12.3 Å². The molecule has 0 fully saturated rings. The zero-order valence-electron chi connectivity index (χ0n) is 9.58. The summed E-state index contributed by atoms with van der Waals surface area (Å²) in [6.07, 6.45) is 1.65. The van der Waals surface area contributed by atoms with Gasteiger partial charge in [0.2, 0.25) is 5.91 Å². The first kappa shape index (κ1) is 13.0. The van der Waals surface area contributed by atoms with Gasteiger partial charge in [-0.15, -0.1) is 0 Å². The molecule has 0 aliphatic carbocycles. The van der Waals surface area contributed by atoms with Crippen LogP contribution in [0.2, 0.25) is 0 Å². The SMILES string of the molecule is CCC(C)CN(C)C(=O)C(C#N)CC. The Kier molecular flexibility index (Phi) is 5.94. The molecular weight excluding hydrogens is 176 g/mol. The first-order valence-electron chi connectivity index (χ1n) is 5.21. The normalized spacial score (nSPS) is 14.2. The Balaban J connectivity index is 4.18. The number of nitriles is 1. The molecule has 0 aromatic rings. The molecule has 0 aromatic heterocycles. The summed E-state index contributed by atoms with van der Waals surface area (Å²) in [4.78, 5) is 13.3. The van der Waals surface area contributed by atoms with Crippen molar-refractivity contribution >= 4 is 5.91 Å². The van der Waals surface area contributed by atoms with Crippen molar-refractivity contribution in [1.82, 2.24) is 4.90 Å². The predicted octanol–water partition coefficient (Wildman–Crippen LogP) is 2.04. The Hall–Kier alpha value is -1.04. The fourth-order valence-electron chi connectivity index (χ4n) is 1.27. The molecule has 0 bridgehead atoms. The van der Waals surface area contributed by atoms with Crippen molar-refractivity contribution in [1.29, 1.82) is 5.26 Å². The van der Waals surface area contributed by atoms with Crippen LogP contribution in [-0.4, -0.2) is 24.4 Å². The Bertz CT molecular complexity index is 220. The number of hydrogen-bond acceptors (Lipinski definition) is 2. The predicted molar refractivity (Wildman–Crippen MR) is 56.5 cm³/mol. The van der Waals surface area contributed by atoms with Crippen LogP contribution in [0.5, 0.6) is 0 Å². The van der Waals surface area contributed by atoms with Crippen LogP contribution >= 0.6 is 0 Å². The Morgan fingerprint density at radius 1 is 1.43 bits per heavy atom. The molecule has 0 aliphatic rings. The van der Waals surface area contributed by atoms with Crippen LogP contribution < -0.4 is 0 Å². The van der Waals surface area contributed by atoms with Gasteiger partial charge >= 0.3 is 0 Å². The van der Waals surface area contributed by atoms with E-state index >= 15 is 0 Å². The summed E-state index contributed by atoms with van der Waals surface area (Å²) >= 11 is 0. The second-order valence-electron chi connectivity index (χ2n) is 3.82. The van der Waals surface area contributed by atoms with Crippen molar-refractivity contribution in [2.45, 2.75) is 33.6 Å². The molecule has 14 heavy (non-hydrogen) atoms. The van der Waals surface area contributed by atoms with E-state index < -0.39 is 5.92 Å². The number of carbonyl (C=O) groups is 1. The van der Waals surface area contributed by atoms with Gasteiger partial charge in [-0.05, 0) is 12.3 Å². The van der Waals surface area contributed by atoms with E-state index in [0.717, 1.165) is 13.0 Å². The number of hydrogen-bond donors (Lipinski definition) is 0. The summed E-state index contributed by atoms with van der Waals surface area (Å²) in [5, 5.41) is 8.74. The highest BCUT2D eigenvalue weighted by atomic mass is 16.2. The van der Waals surface area contributed by atoms with Gasteiger partial charge in [0.05, 0.1) is 6.07 Å². The summed E-state index contributed by atoms with van der Waals surface area (Å²) in [6, 6.07) is 2.03. The molecule has 0 saturated heterocycles. The zero-order valence-corrected chi connectivity index (χ0v) is 9.58. The standard InChI is InChI=1S/C11H20N2O/c1-5-9(3)8-13(4)11(14)10(6-2)7-12/h9-10H,5-6,8H2,1-4H3. The molecule has 0 rings (SSSR count). The summed E-state index contributed by atoms with van der Waals surface area (Å²) in [5.41, 5.74) is 0. The van der Waals surface area contributed by atoms with E-state index in [2.05, 4.69) is 13.8 Å². The summed E-state index contributed by atoms with van der Waals surface area (Å²) in [5.74, 6) is -0.0143. The molecule has 0 radical (unpaired) electrons. The number of carbonyl (C=O) groups excluding carboxylic acids is 1. The summed E-state index contributed by atoms with van der Waals surface area (Å²) in [6.45, 7) is 6.82. The molecule has 0 N–H and O–H groups in total. The van der Waals surface area contributed by atoms with Crippen molar-refractivity contribution in [3.8, 4) is 6.07 Å². The third-order valence-electron chi connectivity index (χ3n) is 2.52. The lowest BCUT2D eigenvalue weighted by Crippen LogP contribution is -2.35. The van der Waals surface area contributed by atoms with Gasteiger partial charge < -0.3 is 4.90 Å². The minimum atomic E-state index is -0.468. The lowest BCUT2D eigenvalue weighted by Gasteiger charge is -2.22. The fourth-order valence-corrected chi connectivity index (χ4v) is 1.27. The van der Waals surface area contributed by atoms with E-state index in [1.807, 2.05) is 13.0 Å². The smallest absolute Gasteiger partial charge is 0.239 e. The van der Waals surface area contributed by atoms with Gasteiger partial charge in [0.25, 0.3) is 0 Å². The summed E-state index contributed by atoms with van der Waals surface area (Å²) in [7, 11) is 1.77. The van der Waals surface area contributed by atoms with Crippen molar-refractivity contribution in [3.05, 3.63) is 0 Å². The molecule has 2 unspecified atom stereocenters. The fraction of sp³-hybridized carbons (Fsp3) is 0.818. The van der Waals surface area contributed by atoms with Crippen LogP contribution in [0.3, 0.4) is 0 Å². The van der Waals surface area contributed by atoms with E-state index in [9.17, 15) is 4.79 Å². The Labute approximate surface area is 86.7 Å². The van der Waals surface area contributed by atoms with Crippen LogP contribution in [0.25, 0.3) is 0 Å². The van der Waals surface area contributed by atoms with Gasteiger partial charge in [-0.2, -0.15) is 5.26 Å². The largest absolute Gasteiger partial charge is 0.344 e. The summed E-state index contributed by atoms with van der Waals surface area (Å²) < 4.78 is 0. The molecule has 1 amide bonds. The molecule has 0 heterocycles. The lowest BCUT2D eigenvalue weighted by atomic mass is 10.1. The van der Waals surface area contributed by atoms with Gasteiger partial charge in [0.1, 0.15) is 5.92 Å². The van der Waals surface area contributed by atoms with Crippen molar-refractivity contribution in [2.24, 2.45) is 11.8 Å². The highest BCUT2D eigenvalue weighted by Crippen LogP contribution is 2.09. The minimum Gasteiger partial charge on any atom is -0.344 e. The molecule has 80 valence electrons. The zero-order chi connectivity index (χ0) is 11.1. The lowest BCUT2D eigenvalue weighted by molar-refractivity contribution is -0.133. The second-order valence-corrected chi connectivity index (χ2v) is 3.82. The minimum absolute atomic E-state index is 0.0460. The second kappa shape index (κ2) is 6.42. The van der Waals surface area contributed by atoms with Crippen molar-refractivity contribution in [2.75, 3.05) is 13.6 Å². The molecule has 0 aromatic carbocycles. The third-order valence-corrected chi connectivity index (χ3v) is 2.52. The van der Waals surface area contributed by atoms with Gasteiger partial charge in [-0.3, -0.25) is 4.79 Å². The van der Waals surface area contributed by atoms with Crippen LogP contribution in [0.15, 0.2) is 0 Å². The monoisotopic (exact) mass is 196 g/mol. The van der Waals surface area contributed by atoms with Crippen LogP contribution in [0, 0.1) is 23.2 Å². The maximum atomic E-state index is 11.7. The number of amides is 1. The van der Waals surface area contributed by atoms with Crippen molar-refractivity contribution in [3.63, 3.8) is 0 Å². The van der Waals surface area contributed by atoms with E-state index in [1.165, 1.54) is 0 Å². The van der Waals surface area contributed by atoms with Crippen LogP contribution in [0.1, 0.15) is 33.6 Å². The average Bonchev–Trinajstić information content (AvgIpc) is 2.19. The van der Waals surface area contributed by atoms with Gasteiger partial charge in [-0.25, -0.2) is 0 Å². The van der Waals surface area contributed by atoms with Gasteiger partial charge in [0, 0.05) is 13.6 Å². The Morgan fingerprint density at radius 2 is 2.00 bits per heavy atom. The maximum absolute atomic E-state index is 11.7. The first-order chi connectivity index (χ1) is 6.56. The molecule has 3 nitrogen and oxygen atoms in total. The molecule has 3 heteroatoms. The topological polar surface area (TPSA) is 44.1 Å². The highest BCUT2D eigenvalue weighted by molar-refractivity contribution is 5.80. The van der Waals surface area contributed by atoms with Gasteiger partial charge in [-0.1, -0.05) is 27.2 Å². The molecular formula is C11H20N2O. The van der Waals surface area contributed by atoms with Crippen LogP contribution in [-0.2, 0) is 4.79 Å². The molecule has 0 saturated carbocycles. The molecule has 0 spiro atoms. The van der Waals surface area contributed by atoms with E-state index in [4.69, 9.17) is 5.26 Å². The first-order valence-corrected chi connectivity index (χ1v) is 5.21. The quantitative estimate of drug-likeness (QED) is 0.675. The highest BCUT2D eigenvalue weighted by Gasteiger charge is 2.20. The Morgan fingerprint density at radius 3 is 2.36 bits per heavy atom. The number of nitrogens with zero attached hydrogens (tertiary/aromatic N) is 2. The number of rotatable bonds is 5. The van der Waals surface area contributed by atoms with Crippen LogP contribution in [0.4, 0.5) is 0 Å².